The summed E-state index contributed by atoms with van der Waals surface area (Å²) in [7, 11) is 1.30. The first-order valence-corrected chi connectivity index (χ1v) is 11.5. The van der Waals surface area contributed by atoms with E-state index in [2.05, 4.69) is 6.07 Å². The molecule has 0 aliphatic carbocycles. The van der Waals surface area contributed by atoms with Crippen LogP contribution in [0.25, 0.3) is 0 Å². The summed E-state index contributed by atoms with van der Waals surface area (Å²) in [6, 6.07) is 11.5. The van der Waals surface area contributed by atoms with Gasteiger partial charge in [-0.3, -0.25) is 0 Å². The number of carbonyl (C=O) groups excluding carboxylic acids is 1. The minimum atomic E-state index is -0.680. The van der Waals surface area contributed by atoms with Gasteiger partial charge in [0.1, 0.15) is 17.4 Å². The van der Waals surface area contributed by atoms with Gasteiger partial charge in [-0.2, -0.15) is 5.26 Å². The van der Waals surface area contributed by atoms with Crippen molar-refractivity contribution in [3.05, 3.63) is 85.4 Å². The summed E-state index contributed by atoms with van der Waals surface area (Å²) in [4.78, 5) is 13.5. The highest BCUT2D eigenvalue weighted by Gasteiger charge is 2.37. The second-order valence-corrected chi connectivity index (χ2v) is 9.25. The fourth-order valence-corrected chi connectivity index (χ4v) is 5.25. The van der Waals surface area contributed by atoms with E-state index in [9.17, 15) is 10.1 Å². The van der Waals surface area contributed by atoms with Gasteiger partial charge in [-0.05, 0) is 61.2 Å². The normalized spacial score (nSPS) is 16.0. The molecule has 0 bridgehead atoms. The molecule has 32 heavy (non-hydrogen) atoms. The van der Waals surface area contributed by atoms with Gasteiger partial charge in [0.25, 0.3) is 0 Å². The molecular weight excluding hydrogens is 467 g/mol. The maximum absolute atomic E-state index is 12.6. The van der Waals surface area contributed by atoms with Crippen LogP contribution in [0.2, 0.25) is 10.0 Å². The maximum atomic E-state index is 12.6. The molecule has 8 heteroatoms. The van der Waals surface area contributed by atoms with Crippen molar-refractivity contribution in [3.8, 4) is 6.07 Å². The molecule has 166 valence electrons. The van der Waals surface area contributed by atoms with E-state index in [1.54, 1.807) is 30.8 Å². The lowest BCUT2D eigenvalue weighted by Gasteiger charge is -2.28. The number of hydrogen-bond acceptors (Lipinski definition) is 6. The summed E-state index contributed by atoms with van der Waals surface area (Å²) in [6.45, 7) is 5.60. The van der Waals surface area contributed by atoms with Gasteiger partial charge in [-0.25, -0.2) is 4.79 Å². The Bertz CT molecular complexity index is 1200. The minimum Gasteiger partial charge on any atom is -0.466 e. The quantitative estimate of drug-likeness (QED) is 0.400. The number of rotatable bonds is 5. The lowest BCUT2D eigenvalue weighted by Crippen LogP contribution is -2.25. The summed E-state index contributed by atoms with van der Waals surface area (Å²) in [6.07, 6.45) is 0. The standard InChI is InChI=1S/C24H22Cl2N2O3S/c1-12-7-13(2)17(8-15(12)11-32-20-9-16(25)5-6-19(20)26)22-18(10-27)23(28)31-14(3)21(22)24(29)30-4/h5-9,22H,11,28H2,1-4H3. The number of esters is 1. The third kappa shape index (κ3) is 4.75. The van der Waals surface area contributed by atoms with Crippen LogP contribution in [0.5, 0.6) is 0 Å². The number of thioether (sulfide) groups is 1. The van der Waals surface area contributed by atoms with Gasteiger partial charge in [0.15, 0.2) is 0 Å². The zero-order chi connectivity index (χ0) is 23.6. The van der Waals surface area contributed by atoms with Crippen molar-refractivity contribution >= 4 is 40.9 Å². The van der Waals surface area contributed by atoms with Crippen LogP contribution in [-0.2, 0) is 20.0 Å². The topological polar surface area (TPSA) is 85.3 Å². The molecule has 0 amide bonds. The number of nitrogens with two attached hydrogens (primary N) is 1. The maximum Gasteiger partial charge on any atom is 0.338 e. The first kappa shape index (κ1) is 24.1. The predicted molar refractivity (Wildman–Crippen MR) is 127 cm³/mol. The van der Waals surface area contributed by atoms with Crippen molar-refractivity contribution in [2.75, 3.05) is 7.11 Å². The van der Waals surface area contributed by atoms with Gasteiger partial charge in [0.05, 0.1) is 23.6 Å². The van der Waals surface area contributed by atoms with Gasteiger partial charge in [-0.15, -0.1) is 11.8 Å². The smallest absolute Gasteiger partial charge is 0.338 e. The van der Waals surface area contributed by atoms with E-state index in [0.29, 0.717) is 21.6 Å². The molecule has 0 saturated heterocycles. The van der Waals surface area contributed by atoms with Crippen molar-refractivity contribution in [1.82, 2.24) is 0 Å². The zero-order valence-corrected chi connectivity index (χ0v) is 20.4. The second-order valence-electron chi connectivity index (χ2n) is 7.38. The number of aryl methyl sites for hydroxylation is 2. The summed E-state index contributed by atoms with van der Waals surface area (Å²) < 4.78 is 10.5. The van der Waals surface area contributed by atoms with E-state index in [-0.39, 0.29) is 17.0 Å². The Balaban J connectivity index is 2.08. The molecule has 0 radical (unpaired) electrons. The van der Waals surface area contributed by atoms with Gasteiger partial charge < -0.3 is 15.2 Å². The first-order valence-electron chi connectivity index (χ1n) is 9.72. The SMILES string of the molecule is COC(=O)C1=C(C)OC(N)=C(C#N)C1c1cc(CSc2cc(Cl)ccc2Cl)c(C)cc1C. The number of allylic oxidation sites excluding steroid dienone is 2. The molecule has 0 saturated carbocycles. The van der Waals surface area contributed by atoms with E-state index in [0.717, 1.165) is 27.1 Å². The molecule has 1 aliphatic rings. The number of nitrogens with zero attached hydrogens (tertiary/aromatic N) is 1. The summed E-state index contributed by atoms with van der Waals surface area (Å²) in [5, 5.41) is 11.0. The Labute approximate surface area is 201 Å². The van der Waals surface area contributed by atoms with Crippen LogP contribution >= 0.6 is 35.0 Å². The number of carbonyl (C=O) groups is 1. The van der Waals surface area contributed by atoms with Crippen LogP contribution in [0, 0.1) is 25.2 Å². The molecule has 0 aromatic heterocycles. The molecule has 0 fully saturated rings. The molecule has 1 atom stereocenters. The fourth-order valence-electron chi connectivity index (χ4n) is 3.69. The van der Waals surface area contributed by atoms with Crippen molar-refractivity contribution in [2.45, 2.75) is 37.3 Å². The van der Waals surface area contributed by atoms with Gasteiger partial charge >= 0.3 is 5.97 Å². The number of benzene rings is 2. The molecule has 2 aromatic carbocycles. The van der Waals surface area contributed by atoms with Crippen LogP contribution in [0.15, 0.2) is 58.0 Å². The zero-order valence-electron chi connectivity index (χ0n) is 18.1. The molecule has 1 heterocycles. The van der Waals surface area contributed by atoms with Crippen molar-refractivity contribution in [3.63, 3.8) is 0 Å². The van der Waals surface area contributed by atoms with Crippen molar-refractivity contribution < 1.29 is 14.3 Å². The fraction of sp³-hybridized carbons (Fsp3) is 0.250. The molecule has 1 aliphatic heterocycles. The molecule has 0 spiro atoms. The van der Waals surface area contributed by atoms with Gasteiger partial charge in [0.2, 0.25) is 5.88 Å². The van der Waals surface area contributed by atoms with Gasteiger partial charge in [-0.1, -0.05) is 35.3 Å². The van der Waals surface area contributed by atoms with E-state index in [4.69, 9.17) is 38.4 Å². The molecule has 1 unspecified atom stereocenters. The van der Waals surface area contributed by atoms with E-state index in [1.807, 2.05) is 32.0 Å². The average Bonchev–Trinajstić information content (AvgIpc) is 2.74. The number of ether oxygens (including phenoxy) is 2. The Morgan fingerprint density at radius 1 is 1.22 bits per heavy atom. The number of halogens is 2. The summed E-state index contributed by atoms with van der Waals surface area (Å²) in [5.74, 6) is -0.307. The second kappa shape index (κ2) is 9.91. The highest BCUT2D eigenvalue weighted by molar-refractivity contribution is 7.98. The van der Waals surface area contributed by atoms with Crippen LogP contribution < -0.4 is 5.73 Å². The van der Waals surface area contributed by atoms with E-state index in [1.165, 1.54) is 7.11 Å². The minimum absolute atomic E-state index is 0.00994. The first-order chi connectivity index (χ1) is 15.2. The van der Waals surface area contributed by atoms with E-state index >= 15 is 0 Å². The number of nitriles is 1. The highest BCUT2D eigenvalue weighted by Crippen LogP contribution is 2.42. The Morgan fingerprint density at radius 3 is 2.59 bits per heavy atom. The van der Waals surface area contributed by atoms with Crippen LogP contribution in [0.1, 0.15) is 35.1 Å². The predicted octanol–water partition coefficient (Wildman–Crippen LogP) is 6.16. The Kier molecular flexibility index (Phi) is 7.45. The monoisotopic (exact) mass is 488 g/mol. The van der Waals surface area contributed by atoms with Crippen LogP contribution in [-0.4, -0.2) is 13.1 Å². The van der Waals surface area contributed by atoms with E-state index < -0.39 is 11.9 Å². The number of hydrogen-bond donors (Lipinski definition) is 1. The third-order valence-corrected chi connectivity index (χ3v) is 7.10. The summed E-state index contributed by atoms with van der Waals surface area (Å²) in [5.41, 5.74) is 10.3. The lowest BCUT2D eigenvalue weighted by molar-refractivity contribution is -0.136. The third-order valence-electron chi connectivity index (χ3n) is 5.32. The van der Waals surface area contributed by atoms with Crippen LogP contribution in [0.4, 0.5) is 0 Å². The Hall–Kier alpha value is -2.59. The average molecular weight is 489 g/mol. The lowest BCUT2D eigenvalue weighted by atomic mass is 9.80. The molecule has 5 nitrogen and oxygen atoms in total. The molecule has 2 N–H and O–H groups in total. The molecule has 2 aromatic rings. The van der Waals surface area contributed by atoms with Gasteiger partial charge in [0, 0.05) is 15.7 Å². The largest absolute Gasteiger partial charge is 0.466 e. The number of methoxy groups -OCH3 is 1. The highest BCUT2D eigenvalue weighted by atomic mass is 35.5. The van der Waals surface area contributed by atoms with Crippen molar-refractivity contribution in [2.24, 2.45) is 5.73 Å². The van der Waals surface area contributed by atoms with Crippen LogP contribution in [0.3, 0.4) is 0 Å². The Morgan fingerprint density at radius 2 is 1.94 bits per heavy atom. The molecule has 3 rings (SSSR count). The summed E-state index contributed by atoms with van der Waals surface area (Å²) >= 11 is 14.0. The van der Waals surface area contributed by atoms with Crippen molar-refractivity contribution in [1.29, 1.82) is 5.26 Å². The molecular formula is C24H22Cl2N2O3S.